The molecule has 1 atom stereocenters. The SMILES string of the molecule is Cc1cc(NC(=O)C2CCNC2)ccc1F. The Kier molecular flexibility index (Phi) is 3.19. The van der Waals surface area contributed by atoms with Gasteiger partial charge in [-0.15, -0.1) is 0 Å². The predicted molar refractivity (Wildman–Crippen MR) is 60.7 cm³/mol. The van der Waals surface area contributed by atoms with E-state index in [1.165, 1.54) is 6.07 Å². The van der Waals surface area contributed by atoms with Gasteiger partial charge in [0.1, 0.15) is 5.82 Å². The summed E-state index contributed by atoms with van der Waals surface area (Å²) in [5, 5.41) is 5.94. The second-order valence-corrected chi connectivity index (χ2v) is 4.14. The highest BCUT2D eigenvalue weighted by atomic mass is 19.1. The van der Waals surface area contributed by atoms with Gasteiger partial charge in [-0.25, -0.2) is 4.39 Å². The van der Waals surface area contributed by atoms with Crippen LogP contribution in [0.15, 0.2) is 18.2 Å². The molecule has 86 valence electrons. The number of hydrogen-bond acceptors (Lipinski definition) is 2. The van der Waals surface area contributed by atoms with E-state index in [-0.39, 0.29) is 17.6 Å². The molecule has 4 heteroatoms. The zero-order chi connectivity index (χ0) is 11.5. The summed E-state index contributed by atoms with van der Waals surface area (Å²) in [6.45, 7) is 3.30. The fourth-order valence-corrected chi connectivity index (χ4v) is 1.85. The molecule has 1 amide bonds. The van der Waals surface area contributed by atoms with Gasteiger partial charge in [-0.3, -0.25) is 4.79 Å². The molecule has 1 aromatic carbocycles. The van der Waals surface area contributed by atoms with Crippen molar-refractivity contribution in [3.05, 3.63) is 29.6 Å². The molecule has 0 spiro atoms. The summed E-state index contributed by atoms with van der Waals surface area (Å²) in [6.07, 6.45) is 0.867. The maximum absolute atomic E-state index is 13.0. The monoisotopic (exact) mass is 222 g/mol. The Morgan fingerprint density at radius 1 is 1.56 bits per heavy atom. The van der Waals surface area contributed by atoms with Crippen molar-refractivity contribution in [2.75, 3.05) is 18.4 Å². The van der Waals surface area contributed by atoms with Crippen LogP contribution >= 0.6 is 0 Å². The van der Waals surface area contributed by atoms with Gasteiger partial charge in [0.2, 0.25) is 5.91 Å². The van der Waals surface area contributed by atoms with E-state index in [1.807, 2.05) is 0 Å². The van der Waals surface area contributed by atoms with Crippen LogP contribution in [0.2, 0.25) is 0 Å². The molecule has 2 rings (SSSR count). The van der Waals surface area contributed by atoms with Crippen LogP contribution in [0.1, 0.15) is 12.0 Å². The van der Waals surface area contributed by atoms with Gasteiger partial charge in [-0.05, 0) is 43.7 Å². The fourth-order valence-electron chi connectivity index (χ4n) is 1.85. The molecule has 0 radical (unpaired) electrons. The molecule has 1 heterocycles. The van der Waals surface area contributed by atoms with Crippen LogP contribution < -0.4 is 10.6 Å². The van der Waals surface area contributed by atoms with Gasteiger partial charge in [-0.1, -0.05) is 0 Å². The van der Waals surface area contributed by atoms with Gasteiger partial charge < -0.3 is 10.6 Å². The minimum absolute atomic E-state index is 0.0102. The summed E-state index contributed by atoms with van der Waals surface area (Å²) in [5.41, 5.74) is 1.21. The van der Waals surface area contributed by atoms with Crippen LogP contribution in [0, 0.1) is 18.7 Å². The first-order valence-corrected chi connectivity index (χ1v) is 5.44. The summed E-state index contributed by atoms with van der Waals surface area (Å²) < 4.78 is 13.0. The van der Waals surface area contributed by atoms with Crippen LogP contribution in [0.5, 0.6) is 0 Å². The maximum atomic E-state index is 13.0. The Balaban J connectivity index is 2.02. The van der Waals surface area contributed by atoms with Crippen molar-refractivity contribution in [3.8, 4) is 0 Å². The van der Waals surface area contributed by atoms with Gasteiger partial charge in [0.25, 0.3) is 0 Å². The third kappa shape index (κ3) is 2.39. The number of aryl methyl sites for hydroxylation is 1. The number of hydrogen-bond donors (Lipinski definition) is 2. The summed E-state index contributed by atoms with van der Waals surface area (Å²) in [6, 6.07) is 4.61. The topological polar surface area (TPSA) is 41.1 Å². The Morgan fingerprint density at radius 2 is 2.38 bits per heavy atom. The third-order valence-electron chi connectivity index (χ3n) is 2.86. The first-order valence-electron chi connectivity index (χ1n) is 5.44. The van der Waals surface area contributed by atoms with Crippen LogP contribution in [-0.2, 0) is 4.79 Å². The molecule has 0 saturated carbocycles. The number of halogens is 1. The lowest BCUT2D eigenvalue weighted by molar-refractivity contribution is -0.119. The number of carbonyl (C=O) groups excluding carboxylic acids is 1. The van der Waals surface area contributed by atoms with Crippen molar-refractivity contribution < 1.29 is 9.18 Å². The Labute approximate surface area is 94.0 Å². The average Bonchev–Trinajstić information content (AvgIpc) is 2.77. The number of carbonyl (C=O) groups is 1. The summed E-state index contributed by atoms with van der Waals surface area (Å²) >= 11 is 0. The molecular weight excluding hydrogens is 207 g/mol. The lowest BCUT2D eigenvalue weighted by Gasteiger charge is -2.10. The highest BCUT2D eigenvalue weighted by molar-refractivity contribution is 5.92. The Hall–Kier alpha value is -1.42. The van der Waals surface area contributed by atoms with E-state index in [1.54, 1.807) is 19.1 Å². The average molecular weight is 222 g/mol. The molecule has 0 bridgehead atoms. The molecule has 1 fully saturated rings. The second kappa shape index (κ2) is 4.61. The van der Waals surface area contributed by atoms with E-state index >= 15 is 0 Å². The number of rotatable bonds is 2. The first kappa shape index (κ1) is 11.1. The minimum atomic E-state index is -0.250. The molecule has 1 aliphatic heterocycles. The lowest BCUT2D eigenvalue weighted by Crippen LogP contribution is -2.24. The van der Waals surface area contributed by atoms with Crippen molar-refractivity contribution in [2.24, 2.45) is 5.92 Å². The zero-order valence-electron chi connectivity index (χ0n) is 9.22. The minimum Gasteiger partial charge on any atom is -0.326 e. The number of nitrogens with one attached hydrogen (secondary N) is 2. The van der Waals surface area contributed by atoms with E-state index in [0.29, 0.717) is 11.3 Å². The Bertz CT molecular complexity index is 400. The molecular formula is C12H15FN2O. The molecule has 0 aliphatic carbocycles. The van der Waals surface area contributed by atoms with E-state index in [9.17, 15) is 9.18 Å². The molecule has 1 aliphatic rings. The van der Waals surface area contributed by atoms with E-state index in [2.05, 4.69) is 10.6 Å². The van der Waals surface area contributed by atoms with Gasteiger partial charge in [0, 0.05) is 12.2 Å². The normalized spacial score (nSPS) is 19.8. The molecule has 0 aromatic heterocycles. The van der Waals surface area contributed by atoms with Crippen LogP contribution in [0.3, 0.4) is 0 Å². The third-order valence-corrected chi connectivity index (χ3v) is 2.86. The molecule has 3 nitrogen and oxygen atoms in total. The zero-order valence-corrected chi connectivity index (χ0v) is 9.22. The first-order chi connectivity index (χ1) is 7.66. The summed E-state index contributed by atoms with van der Waals surface area (Å²) in [4.78, 5) is 11.8. The number of amides is 1. The van der Waals surface area contributed by atoms with E-state index in [4.69, 9.17) is 0 Å². The number of benzene rings is 1. The van der Waals surface area contributed by atoms with Crippen molar-refractivity contribution in [2.45, 2.75) is 13.3 Å². The van der Waals surface area contributed by atoms with E-state index in [0.717, 1.165) is 19.5 Å². The standard InChI is InChI=1S/C12H15FN2O/c1-8-6-10(2-3-11(8)13)15-12(16)9-4-5-14-7-9/h2-3,6,9,14H,4-5,7H2,1H3,(H,15,16). The highest BCUT2D eigenvalue weighted by Crippen LogP contribution is 2.16. The second-order valence-electron chi connectivity index (χ2n) is 4.14. The lowest BCUT2D eigenvalue weighted by atomic mass is 10.1. The molecule has 1 unspecified atom stereocenters. The van der Waals surface area contributed by atoms with Gasteiger partial charge in [0.15, 0.2) is 0 Å². The van der Waals surface area contributed by atoms with Gasteiger partial charge in [-0.2, -0.15) is 0 Å². The predicted octanol–water partition coefficient (Wildman–Crippen LogP) is 1.68. The smallest absolute Gasteiger partial charge is 0.228 e. The van der Waals surface area contributed by atoms with Crippen molar-refractivity contribution >= 4 is 11.6 Å². The molecule has 1 saturated heterocycles. The number of anilines is 1. The van der Waals surface area contributed by atoms with Gasteiger partial charge in [0.05, 0.1) is 5.92 Å². The summed E-state index contributed by atoms with van der Waals surface area (Å²) in [7, 11) is 0. The Morgan fingerprint density at radius 3 is 3.00 bits per heavy atom. The quantitative estimate of drug-likeness (QED) is 0.799. The largest absolute Gasteiger partial charge is 0.326 e. The van der Waals surface area contributed by atoms with Crippen LogP contribution in [-0.4, -0.2) is 19.0 Å². The summed E-state index contributed by atoms with van der Waals surface area (Å²) in [5.74, 6) is -0.207. The van der Waals surface area contributed by atoms with Crippen LogP contribution in [0.25, 0.3) is 0 Å². The molecule has 16 heavy (non-hydrogen) atoms. The van der Waals surface area contributed by atoms with Crippen molar-refractivity contribution in [1.29, 1.82) is 0 Å². The maximum Gasteiger partial charge on any atom is 0.228 e. The van der Waals surface area contributed by atoms with Crippen molar-refractivity contribution in [3.63, 3.8) is 0 Å². The van der Waals surface area contributed by atoms with E-state index < -0.39 is 0 Å². The molecule has 2 N–H and O–H groups in total. The fraction of sp³-hybridized carbons (Fsp3) is 0.417. The van der Waals surface area contributed by atoms with Crippen LogP contribution in [0.4, 0.5) is 10.1 Å². The highest BCUT2D eigenvalue weighted by Gasteiger charge is 2.22. The van der Waals surface area contributed by atoms with Gasteiger partial charge >= 0.3 is 0 Å². The molecule has 1 aromatic rings. The van der Waals surface area contributed by atoms with Crippen molar-refractivity contribution in [1.82, 2.24) is 5.32 Å².